The predicted octanol–water partition coefficient (Wildman–Crippen LogP) is 4.92. The quantitative estimate of drug-likeness (QED) is 0.0791. The Morgan fingerprint density at radius 2 is 1.12 bits per heavy atom. The summed E-state index contributed by atoms with van der Waals surface area (Å²) in [6.45, 7) is 17.0. The summed E-state index contributed by atoms with van der Waals surface area (Å²) in [4.78, 5) is 45.8. The second-order valence-corrected chi connectivity index (χ2v) is 15.1. The van der Waals surface area contributed by atoms with Crippen LogP contribution < -0.4 is 38.1 Å². The van der Waals surface area contributed by atoms with Gasteiger partial charge in [0.15, 0.2) is 23.0 Å². The number of amides is 3. The van der Waals surface area contributed by atoms with Crippen molar-refractivity contribution in [2.75, 3.05) is 60.5 Å². The van der Waals surface area contributed by atoms with E-state index in [-0.39, 0.29) is 23.1 Å². The van der Waals surface area contributed by atoms with Gasteiger partial charge in [0.25, 0.3) is 11.8 Å². The highest BCUT2D eigenvalue weighted by Gasteiger charge is 2.22. The maximum absolute atomic E-state index is 11.8. The number of primary amides is 2. The standard InChI is InChI=1S/C22H29N7O2.C19H27N7O/c1-4-18(30)29-11-9-15(10-12-29)13-24-22-26-21(19(20(23)31)27-28-22)25-17-7-5-16(6-8-17)14(2)3;1-12(2)14-3-5-15(6-4-14)23-18-16(17(20)27)25-26-19(24-18)22-11-13-7-9-21-10-8-13/h4-8,14-15H,1,9-13H2,2-3H3,(H2,23,31)(H2,24,25,26,28);3-6,12-13,21H,7-11H2,1-2H3,(H2,20,27)(H2,22,23,24,26). The van der Waals surface area contributed by atoms with Crippen LogP contribution in [0.15, 0.2) is 61.2 Å². The second-order valence-electron chi connectivity index (χ2n) is 15.1. The van der Waals surface area contributed by atoms with Gasteiger partial charge in [-0.1, -0.05) is 58.5 Å². The van der Waals surface area contributed by atoms with E-state index >= 15 is 0 Å². The molecule has 2 aliphatic heterocycles. The molecule has 6 rings (SSSR count). The monoisotopic (exact) mass is 792 g/mol. The van der Waals surface area contributed by atoms with Crippen molar-refractivity contribution in [1.29, 1.82) is 0 Å². The van der Waals surface area contributed by atoms with Crippen LogP contribution in [0.3, 0.4) is 0 Å². The molecule has 2 saturated heterocycles. The van der Waals surface area contributed by atoms with Crippen LogP contribution in [0.5, 0.6) is 0 Å². The van der Waals surface area contributed by atoms with Gasteiger partial charge in [0.05, 0.1) is 0 Å². The molecule has 3 amide bonds. The first-order chi connectivity index (χ1) is 27.9. The van der Waals surface area contributed by atoms with Gasteiger partial charge in [-0.25, -0.2) is 0 Å². The topological polar surface area (TPSA) is 244 Å². The highest BCUT2D eigenvalue weighted by Crippen LogP contribution is 2.24. The van der Waals surface area contributed by atoms with Gasteiger partial charge in [-0.05, 0) is 104 Å². The summed E-state index contributed by atoms with van der Waals surface area (Å²) in [5, 5.41) is 31.9. The highest BCUT2D eigenvalue weighted by atomic mass is 16.2. The lowest BCUT2D eigenvalue weighted by atomic mass is 9.97. The molecule has 2 aromatic heterocycles. The third-order valence-corrected chi connectivity index (χ3v) is 10.2. The summed E-state index contributed by atoms with van der Waals surface area (Å²) in [6.07, 6.45) is 5.35. The fourth-order valence-electron chi connectivity index (χ4n) is 6.53. The molecule has 0 bridgehead atoms. The van der Waals surface area contributed by atoms with Crippen LogP contribution in [0, 0.1) is 11.8 Å². The highest BCUT2D eigenvalue weighted by molar-refractivity contribution is 5.96. The average molecular weight is 793 g/mol. The number of carbonyl (C=O) groups is 3. The summed E-state index contributed by atoms with van der Waals surface area (Å²) in [6, 6.07) is 15.9. The Morgan fingerprint density at radius 3 is 1.50 bits per heavy atom. The molecule has 4 aromatic rings. The minimum Gasteiger partial charge on any atom is -0.364 e. The molecule has 17 heteroatoms. The lowest BCUT2D eigenvalue weighted by molar-refractivity contribution is -0.127. The second kappa shape index (κ2) is 20.8. The van der Waals surface area contributed by atoms with Crippen LogP contribution in [0.25, 0.3) is 0 Å². The first kappa shape index (κ1) is 42.9. The normalized spacial score (nSPS) is 14.6. The number of likely N-dealkylation sites (tertiary alicyclic amines) is 1. The lowest BCUT2D eigenvalue weighted by Gasteiger charge is -2.31. The summed E-state index contributed by atoms with van der Waals surface area (Å²) in [5.41, 5.74) is 14.9. The average Bonchev–Trinajstić information content (AvgIpc) is 3.23. The molecule has 0 radical (unpaired) electrons. The molecular weight excluding hydrogens is 737 g/mol. The van der Waals surface area contributed by atoms with Crippen molar-refractivity contribution in [3.05, 3.63) is 83.7 Å². The van der Waals surface area contributed by atoms with Crippen LogP contribution in [0.4, 0.5) is 34.9 Å². The van der Waals surface area contributed by atoms with Crippen molar-refractivity contribution >= 4 is 52.6 Å². The largest absolute Gasteiger partial charge is 0.364 e. The van der Waals surface area contributed by atoms with Gasteiger partial charge in [-0.2, -0.15) is 9.97 Å². The first-order valence-electron chi connectivity index (χ1n) is 19.8. The molecule has 0 unspecified atom stereocenters. The number of benzene rings is 2. The number of hydrogen-bond donors (Lipinski definition) is 7. The van der Waals surface area contributed by atoms with E-state index in [9.17, 15) is 14.4 Å². The Kier molecular flexibility index (Phi) is 15.4. The fraction of sp³-hybridized carbons (Fsp3) is 0.439. The van der Waals surface area contributed by atoms with E-state index in [4.69, 9.17) is 11.5 Å². The van der Waals surface area contributed by atoms with Gasteiger partial charge >= 0.3 is 0 Å². The predicted molar refractivity (Wildman–Crippen MR) is 226 cm³/mol. The maximum Gasteiger partial charge on any atom is 0.273 e. The van der Waals surface area contributed by atoms with Gasteiger partial charge in [0.1, 0.15) is 0 Å². The molecule has 2 aromatic carbocycles. The number of rotatable bonds is 15. The molecule has 0 spiro atoms. The number of aromatic nitrogens is 6. The molecule has 17 nitrogen and oxygen atoms in total. The summed E-state index contributed by atoms with van der Waals surface area (Å²) >= 11 is 0. The van der Waals surface area contributed by atoms with Crippen LogP contribution in [-0.2, 0) is 4.79 Å². The fourth-order valence-corrected chi connectivity index (χ4v) is 6.53. The van der Waals surface area contributed by atoms with Crippen molar-refractivity contribution in [2.45, 2.75) is 65.2 Å². The molecule has 4 heterocycles. The van der Waals surface area contributed by atoms with Crippen molar-refractivity contribution in [1.82, 2.24) is 40.6 Å². The Bertz CT molecular complexity index is 1990. The molecular formula is C41H56N14O3. The molecule has 2 fully saturated rings. The molecule has 0 atom stereocenters. The van der Waals surface area contributed by atoms with Crippen molar-refractivity contribution in [3.63, 3.8) is 0 Å². The lowest BCUT2D eigenvalue weighted by Crippen LogP contribution is -2.39. The molecule has 9 N–H and O–H groups in total. The molecule has 0 saturated carbocycles. The van der Waals surface area contributed by atoms with E-state index in [0.29, 0.717) is 61.0 Å². The number of hydrogen-bond acceptors (Lipinski definition) is 14. The van der Waals surface area contributed by atoms with E-state index in [1.165, 1.54) is 17.2 Å². The van der Waals surface area contributed by atoms with Gasteiger partial charge in [-0.15, -0.1) is 20.4 Å². The number of piperidine rings is 2. The van der Waals surface area contributed by atoms with E-state index in [2.05, 4.69) is 91.2 Å². The molecule has 0 aliphatic carbocycles. The molecule has 308 valence electrons. The number of nitrogens with zero attached hydrogens (tertiary/aromatic N) is 7. The van der Waals surface area contributed by atoms with Gasteiger partial charge in [0, 0.05) is 37.6 Å². The van der Waals surface area contributed by atoms with E-state index < -0.39 is 11.8 Å². The van der Waals surface area contributed by atoms with Gasteiger partial charge in [-0.3, -0.25) is 14.4 Å². The number of nitrogens with two attached hydrogens (primary N) is 2. The van der Waals surface area contributed by atoms with E-state index in [1.54, 1.807) is 4.90 Å². The van der Waals surface area contributed by atoms with Crippen LogP contribution in [0.1, 0.15) is 97.3 Å². The number of nitrogens with one attached hydrogen (secondary N) is 5. The smallest absolute Gasteiger partial charge is 0.273 e. The van der Waals surface area contributed by atoms with Crippen molar-refractivity contribution < 1.29 is 14.4 Å². The summed E-state index contributed by atoms with van der Waals surface area (Å²) in [7, 11) is 0. The SMILES string of the molecule is C=CC(=O)N1CCC(CNc2nnc(C(N)=O)c(Nc3ccc(C(C)C)cc3)n2)CC1.CC(C)c1ccc(Nc2nc(NCC3CCNCC3)nnc2C(N)=O)cc1. The zero-order valence-corrected chi connectivity index (χ0v) is 33.8. The molecule has 58 heavy (non-hydrogen) atoms. The Labute approximate surface area is 339 Å². The number of anilines is 6. The van der Waals surface area contributed by atoms with Crippen LogP contribution in [-0.4, -0.2) is 92.3 Å². The van der Waals surface area contributed by atoms with E-state index in [1.807, 2.05) is 48.5 Å². The maximum atomic E-state index is 11.8. The number of carbonyl (C=O) groups excluding carboxylic acids is 3. The van der Waals surface area contributed by atoms with Crippen LogP contribution in [0.2, 0.25) is 0 Å². The Hall–Kier alpha value is -6.23. The minimum absolute atomic E-state index is 0.0188. The van der Waals surface area contributed by atoms with Crippen molar-refractivity contribution in [3.8, 4) is 0 Å². The summed E-state index contributed by atoms with van der Waals surface area (Å²) < 4.78 is 0. The first-order valence-corrected chi connectivity index (χ1v) is 19.8. The van der Waals surface area contributed by atoms with Gasteiger partial charge in [0.2, 0.25) is 17.8 Å². The van der Waals surface area contributed by atoms with Gasteiger partial charge < -0.3 is 43.0 Å². The Morgan fingerprint density at radius 1 is 0.707 bits per heavy atom. The zero-order valence-electron chi connectivity index (χ0n) is 33.8. The minimum atomic E-state index is -0.702. The third-order valence-electron chi connectivity index (χ3n) is 10.2. The third kappa shape index (κ3) is 12.4. The van der Waals surface area contributed by atoms with Crippen molar-refractivity contribution in [2.24, 2.45) is 23.3 Å². The van der Waals surface area contributed by atoms with E-state index in [0.717, 1.165) is 56.7 Å². The molecule has 2 aliphatic rings. The Balaban J connectivity index is 0.000000223. The van der Waals surface area contributed by atoms with Crippen LogP contribution >= 0.6 is 0 Å². The zero-order chi connectivity index (χ0) is 41.6. The summed E-state index contributed by atoms with van der Waals surface area (Å²) in [5.74, 6) is 1.71.